The molecule has 1 fully saturated rings. The molecule has 1 aliphatic rings. The predicted molar refractivity (Wildman–Crippen MR) is 78.8 cm³/mol. The van der Waals surface area contributed by atoms with Gasteiger partial charge in [0, 0.05) is 45.3 Å². The number of nitrogens with zero attached hydrogens (tertiary/aromatic N) is 1. The lowest BCUT2D eigenvalue weighted by Crippen LogP contribution is -2.47. The molecule has 0 spiro atoms. The first kappa shape index (κ1) is 16.6. The highest BCUT2D eigenvalue weighted by molar-refractivity contribution is 5.80. The van der Waals surface area contributed by atoms with E-state index in [2.05, 4.69) is 15.5 Å². The Morgan fingerprint density at radius 1 is 1.36 bits per heavy atom. The first-order valence-electron chi connectivity index (χ1n) is 7.39. The molecule has 2 rings (SSSR count). The number of nitrogens with one attached hydrogen (secondary N) is 2. The van der Waals surface area contributed by atoms with Crippen LogP contribution in [0.3, 0.4) is 0 Å². The molecule has 1 heterocycles. The summed E-state index contributed by atoms with van der Waals surface area (Å²) in [6.07, 6.45) is -0.770. The topological polar surface area (TPSA) is 53.6 Å². The van der Waals surface area contributed by atoms with Gasteiger partial charge in [-0.2, -0.15) is 0 Å². The molecule has 0 aliphatic carbocycles. The van der Waals surface area contributed by atoms with Gasteiger partial charge in [0.2, 0.25) is 0 Å². The molecule has 1 atom stereocenters. The van der Waals surface area contributed by atoms with Gasteiger partial charge in [-0.05, 0) is 19.1 Å². The maximum Gasteiger partial charge on any atom is 0.260 e. The molecule has 1 unspecified atom stereocenters. The standard InChI is InChI=1S/C15H21F2N3O2/c1-11(22-12-2-3-13(16)14(17)10-12)15(21)19-6-9-20-7-4-18-5-8-20/h2-3,10-11,18H,4-9H2,1H3,(H,19,21). The number of carbonyl (C=O) groups excluding carboxylic acids is 1. The summed E-state index contributed by atoms with van der Waals surface area (Å²) in [5.74, 6) is -2.09. The van der Waals surface area contributed by atoms with Crippen molar-refractivity contribution in [1.29, 1.82) is 0 Å². The third-order valence-corrected chi connectivity index (χ3v) is 3.51. The summed E-state index contributed by atoms with van der Waals surface area (Å²) in [6.45, 7) is 6.75. The fraction of sp³-hybridized carbons (Fsp3) is 0.533. The van der Waals surface area contributed by atoms with Crippen LogP contribution in [-0.2, 0) is 4.79 Å². The van der Waals surface area contributed by atoms with Gasteiger partial charge in [-0.1, -0.05) is 0 Å². The molecule has 7 heteroatoms. The van der Waals surface area contributed by atoms with E-state index in [0.29, 0.717) is 6.54 Å². The lowest BCUT2D eigenvalue weighted by atomic mass is 10.3. The first-order chi connectivity index (χ1) is 10.6. The quantitative estimate of drug-likeness (QED) is 0.814. The minimum atomic E-state index is -0.996. The summed E-state index contributed by atoms with van der Waals surface area (Å²) >= 11 is 0. The second kappa shape index (κ2) is 8.05. The van der Waals surface area contributed by atoms with E-state index < -0.39 is 17.7 Å². The van der Waals surface area contributed by atoms with Gasteiger partial charge in [0.05, 0.1) is 0 Å². The van der Waals surface area contributed by atoms with Crippen LogP contribution in [0.15, 0.2) is 18.2 Å². The van der Waals surface area contributed by atoms with Gasteiger partial charge < -0.3 is 15.4 Å². The highest BCUT2D eigenvalue weighted by atomic mass is 19.2. The molecule has 122 valence electrons. The number of benzene rings is 1. The Hall–Kier alpha value is -1.73. The van der Waals surface area contributed by atoms with Crippen LogP contribution in [0.2, 0.25) is 0 Å². The second-order valence-corrected chi connectivity index (χ2v) is 5.22. The lowest BCUT2D eigenvalue weighted by molar-refractivity contribution is -0.127. The number of hydrogen-bond acceptors (Lipinski definition) is 4. The van der Waals surface area contributed by atoms with Gasteiger partial charge in [0.25, 0.3) is 5.91 Å². The van der Waals surface area contributed by atoms with Crippen LogP contribution < -0.4 is 15.4 Å². The predicted octanol–water partition coefficient (Wildman–Crippen LogP) is 0.753. The van der Waals surface area contributed by atoms with Crippen LogP contribution in [-0.4, -0.2) is 56.2 Å². The number of piperazine rings is 1. The Balaban J connectivity index is 1.73. The van der Waals surface area contributed by atoms with E-state index in [1.807, 2.05) is 0 Å². The van der Waals surface area contributed by atoms with Crippen LogP contribution in [0.25, 0.3) is 0 Å². The van der Waals surface area contributed by atoms with E-state index in [9.17, 15) is 13.6 Å². The van der Waals surface area contributed by atoms with E-state index >= 15 is 0 Å². The fourth-order valence-electron chi connectivity index (χ4n) is 2.22. The average Bonchev–Trinajstić information content (AvgIpc) is 2.52. The molecular formula is C15H21F2N3O2. The van der Waals surface area contributed by atoms with Crippen molar-refractivity contribution in [1.82, 2.24) is 15.5 Å². The smallest absolute Gasteiger partial charge is 0.260 e. The van der Waals surface area contributed by atoms with Gasteiger partial charge >= 0.3 is 0 Å². The number of ether oxygens (including phenoxy) is 1. The highest BCUT2D eigenvalue weighted by Gasteiger charge is 2.16. The van der Waals surface area contributed by atoms with Crippen molar-refractivity contribution >= 4 is 5.91 Å². The van der Waals surface area contributed by atoms with Crippen LogP contribution >= 0.6 is 0 Å². The number of hydrogen-bond donors (Lipinski definition) is 2. The molecule has 1 amide bonds. The highest BCUT2D eigenvalue weighted by Crippen LogP contribution is 2.16. The van der Waals surface area contributed by atoms with Crippen molar-refractivity contribution in [2.24, 2.45) is 0 Å². The fourth-order valence-corrected chi connectivity index (χ4v) is 2.22. The Morgan fingerprint density at radius 3 is 2.77 bits per heavy atom. The third-order valence-electron chi connectivity index (χ3n) is 3.51. The van der Waals surface area contributed by atoms with E-state index in [1.54, 1.807) is 6.92 Å². The largest absolute Gasteiger partial charge is 0.481 e. The summed E-state index contributed by atoms with van der Waals surface area (Å²) in [4.78, 5) is 14.2. The van der Waals surface area contributed by atoms with Crippen molar-refractivity contribution in [3.63, 3.8) is 0 Å². The average molecular weight is 313 g/mol. The van der Waals surface area contributed by atoms with E-state index in [4.69, 9.17) is 4.74 Å². The van der Waals surface area contributed by atoms with Gasteiger partial charge in [-0.15, -0.1) is 0 Å². The van der Waals surface area contributed by atoms with E-state index in [0.717, 1.165) is 44.9 Å². The van der Waals surface area contributed by atoms with Crippen molar-refractivity contribution in [3.05, 3.63) is 29.8 Å². The molecular weight excluding hydrogens is 292 g/mol. The zero-order valence-electron chi connectivity index (χ0n) is 12.6. The number of amides is 1. The summed E-state index contributed by atoms with van der Waals surface area (Å²) in [6, 6.07) is 3.20. The summed E-state index contributed by atoms with van der Waals surface area (Å²) in [7, 11) is 0. The van der Waals surface area contributed by atoms with Crippen LogP contribution in [0, 0.1) is 11.6 Å². The summed E-state index contributed by atoms with van der Waals surface area (Å²) in [5.41, 5.74) is 0. The normalized spacial score (nSPS) is 17.0. The first-order valence-corrected chi connectivity index (χ1v) is 7.39. The summed E-state index contributed by atoms with van der Waals surface area (Å²) in [5, 5.41) is 6.04. The monoisotopic (exact) mass is 313 g/mol. The molecule has 2 N–H and O–H groups in total. The van der Waals surface area contributed by atoms with Crippen molar-refractivity contribution < 1.29 is 18.3 Å². The van der Waals surface area contributed by atoms with Crippen molar-refractivity contribution in [2.45, 2.75) is 13.0 Å². The molecule has 1 aliphatic heterocycles. The van der Waals surface area contributed by atoms with Gasteiger partial charge in [-0.3, -0.25) is 9.69 Å². The van der Waals surface area contributed by atoms with Crippen LogP contribution in [0.4, 0.5) is 8.78 Å². The maximum atomic E-state index is 13.1. The third kappa shape index (κ3) is 4.92. The van der Waals surface area contributed by atoms with E-state index in [-0.39, 0.29) is 11.7 Å². The van der Waals surface area contributed by atoms with Crippen molar-refractivity contribution in [3.8, 4) is 5.75 Å². The maximum absolute atomic E-state index is 13.1. The SMILES string of the molecule is CC(Oc1ccc(F)c(F)c1)C(=O)NCCN1CCNCC1. The zero-order chi connectivity index (χ0) is 15.9. The van der Waals surface area contributed by atoms with Gasteiger partial charge in [-0.25, -0.2) is 8.78 Å². The Labute approximate surface area is 128 Å². The number of carbonyl (C=O) groups is 1. The molecule has 0 aromatic heterocycles. The molecule has 0 bridgehead atoms. The minimum absolute atomic E-state index is 0.128. The zero-order valence-corrected chi connectivity index (χ0v) is 12.6. The molecule has 1 aromatic rings. The minimum Gasteiger partial charge on any atom is -0.481 e. The number of rotatable bonds is 6. The second-order valence-electron chi connectivity index (χ2n) is 5.22. The molecule has 5 nitrogen and oxygen atoms in total. The Bertz CT molecular complexity index is 508. The molecule has 1 saturated heterocycles. The van der Waals surface area contributed by atoms with Gasteiger partial charge in [0.15, 0.2) is 17.7 Å². The number of halogens is 2. The van der Waals surface area contributed by atoms with Crippen LogP contribution in [0.1, 0.15) is 6.92 Å². The molecule has 22 heavy (non-hydrogen) atoms. The summed E-state index contributed by atoms with van der Waals surface area (Å²) < 4.78 is 31.2. The Morgan fingerprint density at radius 2 is 2.09 bits per heavy atom. The molecule has 1 aromatic carbocycles. The Kier molecular flexibility index (Phi) is 6.09. The lowest BCUT2D eigenvalue weighted by Gasteiger charge is -2.27. The van der Waals surface area contributed by atoms with Gasteiger partial charge in [0.1, 0.15) is 5.75 Å². The van der Waals surface area contributed by atoms with E-state index in [1.165, 1.54) is 6.07 Å². The van der Waals surface area contributed by atoms with Crippen molar-refractivity contribution in [2.75, 3.05) is 39.3 Å². The molecule has 0 radical (unpaired) electrons. The molecule has 0 saturated carbocycles. The van der Waals surface area contributed by atoms with Crippen LogP contribution in [0.5, 0.6) is 5.75 Å².